The van der Waals surface area contributed by atoms with Crippen molar-refractivity contribution in [3.05, 3.63) is 30.3 Å². The highest BCUT2D eigenvalue weighted by atomic mass is 16.6. The van der Waals surface area contributed by atoms with Gasteiger partial charge in [-0.3, -0.25) is 9.74 Å². The average molecular weight is 265 g/mol. The number of carbonyl (C=O) groups is 1. The zero-order valence-corrected chi connectivity index (χ0v) is 10.7. The van der Waals surface area contributed by atoms with Gasteiger partial charge in [0.05, 0.1) is 0 Å². The Kier molecular flexibility index (Phi) is 4.73. The molecule has 1 fully saturated rings. The molecule has 3 N–H and O–H groups in total. The van der Waals surface area contributed by atoms with Crippen LogP contribution in [-0.4, -0.2) is 54.8 Å². The van der Waals surface area contributed by atoms with E-state index >= 15 is 0 Å². The van der Waals surface area contributed by atoms with Crippen LogP contribution in [0.4, 0.5) is 5.69 Å². The van der Waals surface area contributed by atoms with Gasteiger partial charge in [0.1, 0.15) is 0 Å². The van der Waals surface area contributed by atoms with Crippen LogP contribution in [0.5, 0.6) is 0 Å². The Morgan fingerprint density at radius 2 is 1.89 bits per heavy atom. The largest absolute Gasteiger partial charge is 0.479 e. The third-order valence-electron chi connectivity index (χ3n) is 3.36. The normalized spacial score (nSPS) is 18.3. The number of para-hydroxylation sites is 1. The van der Waals surface area contributed by atoms with Crippen molar-refractivity contribution in [2.24, 2.45) is 5.90 Å². The molecule has 0 aromatic heterocycles. The minimum atomic E-state index is -1.02. The summed E-state index contributed by atoms with van der Waals surface area (Å²) in [5.74, 6) is 3.97. The molecule has 0 radical (unpaired) electrons. The molecular formula is C13H19N3O3. The lowest BCUT2D eigenvalue weighted by Gasteiger charge is -2.36. The lowest BCUT2D eigenvalue weighted by Crippen LogP contribution is -2.50. The van der Waals surface area contributed by atoms with Crippen molar-refractivity contribution in [2.75, 3.05) is 37.6 Å². The number of benzene rings is 1. The highest BCUT2D eigenvalue weighted by molar-refractivity contribution is 5.72. The van der Waals surface area contributed by atoms with E-state index in [0.717, 1.165) is 26.2 Å². The summed E-state index contributed by atoms with van der Waals surface area (Å²) in [6.45, 7) is 3.69. The number of aliphatic carboxylic acids is 1. The Morgan fingerprint density at radius 1 is 1.26 bits per heavy atom. The molecule has 0 saturated carbocycles. The highest BCUT2D eigenvalue weighted by Crippen LogP contribution is 2.15. The molecule has 0 spiro atoms. The molecule has 1 unspecified atom stereocenters. The third-order valence-corrected chi connectivity index (χ3v) is 3.36. The topological polar surface area (TPSA) is 79.0 Å². The first kappa shape index (κ1) is 13.8. The first-order valence-corrected chi connectivity index (χ1v) is 6.31. The second kappa shape index (κ2) is 6.51. The molecule has 6 nitrogen and oxygen atoms in total. The molecule has 19 heavy (non-hydrogen) atoms. The van der Waals surface area contributed by atoms with Gasteiger partial charge in [-0.15, -0.1) is 0 Å². The molecule has 1 atom stereocenters. The first-order chi connectivity index (χ1) is 9.20. The van der Waals surface area contributed by atoms with Crippen molar-refractivity contribution >= 4 is 11.7 Å². The minimum Gasteiger partial charge on any atom is -0.479 e. The van der Waals surface area contributed by atoms with Crippen LogP contribution in [0, 0.1) is 0 Å². The van der Waals surface area contributed by atoms with Gasteiger partial charge in [-0.25, -0.2) is 10.7 Å². The molecule has 1 heterocycles. The summed E-state index contributed by atoms with van der Waals surface area (Å²) >= 11 is 0. The third kappa shape index (κ3) is 3.66. The van der Waals surface area contributed by atoms with E-state index in [-0.39, 0.29) is 0 Å². The maximum Gasteiger partial charge on any atom is 0.336 e. The standard InChI is InChI=1S/C13H19N3O3/c14-19-12(13(17)18)10-15-6-8-16(9-7-15)11-4-2-1-3-5-11/h1-5,12H,6-10,14H2,(H,17,18). The van der Waals surface area contributed by atoms with Crippen molar-refractivity contribution in [1.29, 1.82) is 0 Å². The van der Waals surface area contributed by atoms with Gasteiger partial charge in [-0.2, -0.15) is 0 Å². The van der Waals surface area contributed by atoms with E-state index in [0.29, 0.717) is 6.54 Å². The predicted octanol–water partition coefficient (Wildman–Crippen LogP) is 0.152. The van der Waals surface area contributed by atoms with Gasteiger partial charge < -0.3 is 10.0 Å². The van der Waals surface area contributed by atoms with Gasteiger partial charge in [0.15, 0.2) is 6.10 Å². The summed E-state index contributed by atoms with van der Waals surface area (Å²) in [7, 11) is 0. The zero-order valence-electron chi connectivity index (χ0n) is 10.7. The molecule has 0 aliphatic carbocycles. The van der Waals surface area contributed by atoms with E-state index in [1.165, 1.54) is 5.69 Å². The van der Waals surface area contributed by atoms with Crippen LogP contribution in [0.1, 0.15) is 0 Å². The second-order valence-electron chi connectivity index (χ2n) is 4.59. The predicted molar refractivity (Wildman–Crippen MR) is 71.8 cm³/mol. The summed E-state index contributed by atoms with van der Waals surface area (Å²) in [5, 5.41) is 8.89. The van der Waals surface area contributed by atoms with Crippen molar-refractivity contribution in [2.45, 2.75) is 6.10 Å². The molecular weight excluding hydrogens is 246 g/mol. The smallest absolute Gasteiger partial charge is 0.336 e. The number of hydrogen-bond acceptors (Lipinski definition) is 5. The Labute approximate surface area is 112 Å². The van der Waals surface area contributed by atoms with E-state index in [2.05, 4.69) is 26.8 Å². The monoisotopic (exact) mass is 265 g/mol. The molecule has 2 rings (SSSR count). The van der Waals surface area contributed by atoms with Gasteiger partial charge in [0.25, 0.3) is 0 Å². The SMILES string of the molecule is NOC(CN1CCN(c2ccccc2)CC1)C(=O)O. The maximum absolute atomic E-state index is 10.8. The summed E-state index contributed by atoms with van der Waals surface area (Å²) < 4.78 is 0. The Hall–Kier alpha value is -1.63. The zero-order chi connectivity index (χ0) is 13.7. The van der Waals surface area contributed by atoms with Gasteiger partial charge in [0, 0.05) is 38.4 Å². The quantitative estimate of drug-likeness (QED) is 0.738. The van der Waals surface area contributed by atoms with Crippen molar-refractivity contribution in [3.8, 4) is 0 Å². The van der Waals surface area contributed by atoms with Crippen LogP contribution < -0.4 is 10.8 Å². The lowest BCUT2D eigenvalue weighted by atomic mass is 10.2. The van der Waals surface area contributed by atoms with E-state index < -0.39 is 12.1 Å². The molecule has 6 heteroatoms. The van der Waals surface area contributed by atoms with Gasteiger partial charge in [0.2, 0.25) is 0 Å². The van der Waals surface area contributed by atoms with Crippen LogP contribution in [0.25, 0.3) is 0 Å². The van der Waals surface area contributed by atoms with Gasteiger partial charge >= 0.3 is 5.97 Å². The molecule has 1 aromatic rings. The summed E-state index contributed by atoms with van der Waals surface area (Å²) in [5.41, 5.74) is 1.20. The molecule has 1 aromatic carbocycles. The lowest BCUT2D eigenvalue weighted by molar-refractivity contribution is -0.152. The number of carboxylic acids is 1. The van der Waals surface area contributed by atoms with Crippen molar-refractivity contribution < 1.29 is 14.7 Å². The number of nitrogens with zero attached hydrogens (tertiary/aromatic N) is 2. The summed E-state index contributed by atoms with van der Waals surface area (Å²) in [4.78, 5) is 19.7. The van der Waals surface area contributed by atoms with Crippen LogP contribution in [0.2, 0.25) is 0 Å². The summed E-state index contributed by atoms with van der Waals surface area (Å²) in [6, 6.07) is 10.2. The Morgan fingerprint density at radius 3 is 2.42 bits per heavy atom. The number of carboxylic acid groups (broad SMARTS) is 1. The number of rotatable bonds is 5. The molecule has 1 saturated heterocycles. The molecule has 0 amide bonds. The fourth-order valence-corrected chi connectivity index (χ4v) is 2.24. The fraction of sp³-hybridized carbons (Fsp3) is 0.462. The van der Waals surface area contributed by atoms with Crippen LogP contribution in [0.3, 0.4) is 0 Å². The summed E-state index contributed by atoms with van der Waals surface area (Å²) in [6.07, 6.45) is -0.955. The molecule has 1 aliphatic heterocycles. The van der Waals surface area contributed by atoms with E-state index in [9.17, 15) is 4.79 Å². The van der Waals surface area contributed by atoms with Crippen LogP contribution >= 0.6 is 0 Å². The number of hydrogen-bond donors (Lipinski definition) is 2. The number of piperazine rings is 1. The average Bonchev–Trinajstić information content (AvgIpc) is 2.46. The Balaban J connectivity index is 1.84. The molecule has 104 valence electrons. The van der Waals surface area contributed by atoms with Crippen molar-refractivity contribution in [3.63, 3.8) is 0 Å². The van der Waals surface area contributed by atoms with Crippen LogP contribution in [0.15, 0.2) is 30.3 Å². The Bertz CT molecular complexity index is 405. The fourth-order valence-electron chi connectivity index (χ4n) is 2.24. The van der Waals surface area contributed by atoms with Crippen LogP contribution in [-0.2, 0) is 9.63 Å². The minimum absolute atomic E-state index is 0.328. The van der Waals surface area contributed by atoms with E-state index in [1.54, 1.807) is 0 Å². The van der Waals surface area contributed by atoms with Gasteiger partial charge in [-0.1, -0.05) is 18.2 Å². The van der Waals surface area contributed by atoms with Crippen molar-refractivity contribution in [1.82, 2.24) is 4.90 Å². The van der Waals surface area contributed by atoms with E-state index in [4.69, 9.17) is 11.0 Å². The van der Waals surface area contributed by atoms with E-state index in [1.807, 2.05) is 18.2 Å². The maximum atomic E-state index is 10.8. The number of anilines is 1. The first-order valence-electron chi connectivity index (χ1n) is 6.31. The van der Waals surface area contributed by atoms with Gasteiger partial charge in [-0.05, 0) is 12.1 Å². The second-order valence-corrected chi connectivity index (χ2v) is 4.59. The number of nitrogens with two attached hydrogens (primary N) is 1. The molecule has 0 bridgehead atoms. The highest BCUT2D eigenvalue weighted by Gasteiger charge is 2.24. The molecule has 1 aliphatic rings.